The number of methoxy groups -OCH3 is 1. The molecule has 0 aliphatic heterocycles. The number of carbonyl (C=O) groups is 1. The molecule has 0 heterocycles. The quantitative estimate of drug-likeness (QED) is 0.381. The van der Waals surface area contributed by atoms with Gasteiger partial charge in [0.15, 0.2) is 5.78 Å². The number of ketones is 1. The van der Waals surface area contributed by atoms with E-state index < -0.39 is 0 Å². The lowest BCUT2D eigenvalue weighted by molar-refractivity contribution is -0.110. The molecule has 0 aromatic heterocycles. The Hall–Kier alpha value is -1.98. The molecule has 0 bridgehead atoms. The highest BCUT2D eigenvalue weighted by molar-refractivity contribution is 8.00. The van der Waals surface area contributed by atoms with E-state index in [4.69, 9.17) is 22.2 Å². The molecule has 0 saturated heterocycles. The first kappa shape index (κ1) is 16.4. The number of ether oxygens (including phenoxy) is 1. The highest BCUT2D eigenvalue weighted by Gasteiger charge is 2.14. The Kier molecular flexibility index (Phi) is 5.86. The summed E-state index contributed by atoms with van der Waals surface area (Å²) in [4.78, 5) is 13.2. The summed E-state index contributed by atoms with van der Waals surface area (Å²) in [6, 6.07) is 14.4. The van der Waals surface area contributed by atoms with Crippen molar-refractivity contribution in [1.29, 1.82) is 0 Å². The number of hydrogen-bond donors (Lipinski definition) is 1. The minimum Gasteiger partial charge on any atom is -0.497 e. The molecular weight excluding hydrogens is 320 g/mol. The van der Waals surface area contributed by atoms with Crippen molar-refractivity contribution in [3.63, 3.8) is 0 Å². The summed E-state index contributed by atoms with van der Waals surface area (Å²) in [6.07, 6.45) is 0. The van der Waals surface area contributed by atoms with Crippen molar-refractivity contribution in [3.05, 3.63) is 59.1 Å². The van der Waals surface area contributed by atoms with Gasteiger partial charge in [-0.25, -0.2) is 0 Å². The highest BCUT2D eigenvalue weighted by atomic mass is 35.5. The molecule has 0 aliphatic rings. The average Bonchev–Trinajstić information content (AvgIpc) is 2.55. The van der Waals surface area contributed by atoms with Gasteiger partial charge < -0.3 is 10.6 Å². The molecule has 0 aliphatic carbocycles. The van der Waals surface area contributed by atoms with Crippen LogP contribution in [0.2, 0.25) is 5.02 Å². The second kappa shape index (κ2) is 7.87. The molecule has 2 rings (SSSR count). The zero-order valence-electron chi connectivity index (χ0n) is 12.0. The number of halogens is 1. The summed E-state index contributed by atoms with van der Waals surface area (Å²) >= 11 is 7.24. The van der Waals surface area contributed by atoms with Crippen molar-refractivity contribution in [2.24, 2.45) is 10.9 Å². The SMILES string of the molecule is COc1ccc(C(=NN)C(=O)CSc2ccc(Cl)cc2)cc1. The highest BCUT2D eigenvalue weighted by Crippen LogP contribution is 2.21. The number of thioether (sulfide) groups is 1. The molecule has 0 amide bonds. The molecular formula is C16H15ClN2O2S. The van der Waals surface area contributed by atoms with Crippen LogP contribution in [0.4, 0.5) is 0 Å². The fraction of sp³-hybridized carbons (Fsp3) is 0.125. The summed E-state index contributed by atoms with van der Waals surface area (Å²) < 4.78 is 5.09. The minimum atomic E-state index is -0.132. The van der Waals surface area contributed by atoms with Gasteiger partial charge >= 0.3 is 0 Å². The van der Waals surface area contributed by atoms with Gasteiger partial charge in [0.2, 0.25) is 0 Å². The van der Waals surface area contributed by atoms with E-state index in [9.17, 15) is 4.79 Å². The number of nitrogens with zero attached hydrogens (tertiary/aromatic N) is 1. The van der Waals surface area contributed by atoms with Gasteiger partial charge in [0.25, 0.3) is 0 Å². The van der Waals surface area contributed by atoms with Crippen LogP contribution < -0.4 is 10.6 Å². The zero-order chi connectivity index (χ0) is 15.9. The summed E-state index contributed by atoms with van der Waals surface area (Å²) in [7, 11) is 1.58. The van der Waals surface area contributed by atoms with Gasteiger partial charge in [-0.2, -0.15) is 5.10 Å². The van der Waals surface area contributed by atoms with Crippen molar-refractivity contribution in [2.45, 2.75) is 4.90 Å². The molecule has 2 N–H and O–H groups in total. The molecule has 0 spiro atoms. The molecule has 114 valence electrons. The van der Waals surface area contributed by atoms with Gasteiger partial charge in [-0.1, -0.05) is 11.6 Å². The Morgan fingerprint density at radius 2 is 1.82 bits per heavy atom. The van der Waals surface area contributed by atoms with Gasteiger partial charge in [0, 0.05) is 15.5 Å². The molecule has 2 aromatic rings. The van der Waals surface area contributed by atoms with Crippen LogP contribution >= 0.6 is 23.4 Å². The number of hydrazone groups is 1. The van der Waals surface area contributed by atoms with Crippen molar-refractivity contribution in [3.8, 4) is 5.75 Å². The van der Waals surface area contributed by atoms with Crippen LogP contribution in [0.5, 0.6) is 5.75 Å². The lowest BCUT2D eigenvalue weighted by Gasteiger charge is -2.06. The van der Waals surface area contributed by atoms with E-state index in [0.29, 0.717) is 16.3 Å². The number of benzene rings is 2. The van der Waals surface area contributed by atoms with Crippen LogP contribution in [0.1, 0.15) is 5.56 Å². The molecule has 0 unspecified atom stereocenters. The van der Waals surface area contributed by atoms with Crippen LogP contribution in [0.25, 0.3) is 0 Å². The third-order valence-corrected chi connectivity index (χ3v) is 4.20. The van der Waals surface area contributed by atoms with Crippen LogP contribution in [0.15, 0.2) is 58.5 Å². The third kappa shape index (κ3) is 4.26. The summed E-state index contributed by atoms with van der Waals surface area (Å²) in [5.41, 5.74) is 0.925. The normalized spacial score (nSPS) is 11.3. The van der Waals surface area contributed by atoms with Crippen LogP contribution in [0.3, 0.4) is 0 Å². The van der Waals surface area contributed by atoms with Gasteiger partial charge in [0.1, 0.15) is 11.5 Å². The largest absolute Gasteiger partial charge is 0.497 e. The smallest absolute Gasteiger partial charge is 0.193 e. The molecule has 22 heavy (non-hydrogen) atoms. The second-order valence-electron chi connectivity index (χ2n) is 4.37. The first-order valence-electron chi connectivity index (χ1n) is 6.48. The molecule has 2 aromatic carbocycles. The Bertz CT molecular complexity index is 670. The predicted molar refractivity (Wildman–Crippen MR) is 90.9 cm³/mol. The van der Waals surface area contributed by atoms with Gasteiger partial charge in [-0.15, -0.1) is 11.8 Å². The Morgan fingerprint density at radius 3 is 2.36 bits per heavy atom. The number of hydrogen-bond acceptors (Lipinski definition) is 5. The maximum atomic E-state index is 12.3. The van der Waals surface area contributed by atoms with E-state index in [0.717, 1.165) is 4.90 Å². The number of rotatable bonds is 6. The van der Waals surface area contributed by atoms with Crippen molar-refractivity contribution >= 4 is 34.9 Å². The van der Waals surface area contributed by atoms with E-state index in [1.54, 1.807) is 43.5 Å². The van der Waals surface area contributed by atoms with Crippen LogP contribution in [0, 0.1) is 0 Å². The summed E-state index contributed by atoms with van der Waals surface area (Å²) in [5, 5.41) is 4.30. The molecule has 0 fully saturated rings. The standard InChI is InChI=1S/C16H15ClN2O2S/c1-21-13-6-2-11(3-7-13)16(19-18)15(20)10-22-14-8-4-12(17)5-9-14/h2-9H,10,18H2,1H3. The van der Waals surface area contributed by atoms with Crippen molar-refractivity contribution < 1.29 is 9.53 Å². The molecule has 0 radical (unpaired) electrons. The Morgan fingerprint density at radius 1 is 1.18 bits per heavy atom. The number of carbonyl (C=O) groups excluding carboxylic acids is 1. The van der Waals surface area contributed by atoms with Crippen molar-refractivity contribution in [1.82, 2.24) is 0 Å². The van der Waals surface area contributed by atoms with E-state index in [-0.39, 0.29) is 17.2 Å². The minimum absolute atomic E-state index is 0.132. The maximum Gasteiger partial charge on any atom is 0.193 e. The van der Waals surface area contributed by atoms with Gasteiger partial charge in [0.05, 0.1) is 12.9 Å². The van der Waals surface area contributed by atoms with E-state index in [1.165, 1.54) is 11.8 Å². The Balaban J connectivity index is 2.04. The predicted octanol–water partition coefficient (Wildman–Crippen LogP) is 3.37. The third-order valence-electron chi connectivity index (χ3n) is 2.94. The summed E-state index contributed by atoms with van der Waals surface area (Å²) in [6.45, 7) is 0. The number of nitrogens with two attached hydrogens (primary N) is 1. The second-order valence-corrected chi connectivity index (χ2v) is 5.86. The lowest BCUT2D eigenvalue weighted by Crippen LogP contribution is -2.19. The fourth-order valence-corrected chi connectivity index (χ4v) is 2.69. The van der Waals surface area contributed by atoms with Crippen molar-refractivity contribution in [2.75, 3.05) is 12.9 Å². The number of Topliss-reactive ketones (excluding diaryl/α,β-unsaturated/α-hetero) is 1. The topological polar surface area (TPSA) is 64.7 Å². The molecule has 4 nitrogen and oxygen atoms in total. The molecule has 0 atom stereocenters. The van der Waals surface area contributed by atoms with E-state index >= 15 is 0 Å². The lowest BCUT2D eigenvalue weighted by atomic mass is 10.1. The Labute approximate surface area is 138 Å². The van der Waals surface area contributed by atoms with E-state index in [1.807, 2.05) is 12.1 Å². The van der Waals surface area contributed by atoms with E-state index in [2.05, 4.69) is 5.10 Å². The first-order valence-corrected chi connectivity index (χ1v) is 7.84. The fourth-order valence-electron chi connectivity index (χ4n) is 1.80. The molecule has 0 saturated carbocycles. The zero-order valence-corrected chi connectivity index (χ0v) is 13.5. The summed E-state index contributed by atoms with van der Waals surface area (Å²) in [5.74, 6) is 6.21. The van der Waals surface area contributed by atoms with Gasteiger partial charge in [-0.05, 0) is 48.5 Å². The van der Waals surface area contributed by atoms with Gasteiger partial charge in [-0.3, -0.25) is 4.79 Å². The van der Waals surface area contributed by atoms with Crippen LogP contribution in [-0.2, 0) is 4.79 Å². The monoisotopic (exact) mass is 334 g/mol. The first-order chi connectivity index (χ1) is 10.6. The van der Waals surface area contributed by atoms with Crippen LogP contribution in [-0.4, -0.2) is 24.4 Å². The maximum absolute atomic E-state index is 12.3. The molecule has 6 heteroatoms. The average molecular weight is 335 g/mol.